The summed E-state index contributed by atoms with van der Waals surface area (Å²) in [5.41, 5.74) is 8.12. The molecule has 3 heteroatoms. The van der Waals surface area contributed by atoms with Crippen molar-refractivity contribution >= 4 is 27.3 Å². The lowest BCUT2D eigenvalue weighted by Crippen LogP contribution is -1.97. The Bertz CT molecular complexity index is 436. The molecule has 0 radical (unpaired) electrons. The van der Waals surface area contributed by atoms with Crippen LogP contribution < -0.4 is 5.73 Å². The van der Waals surface area contributed by atoms with Crippen LogP contribution in [0.15, 0.2) is 40.2 Å². The van der Waals surface area contributed by atoms with Gasteiger partial charge in [0.2, 0.25) is 0 Å². The van der Waals surface area contributed by atoms with E-state index in [0.717, 1.165) is 4.47 Å². The molecule has 0 spiro atoms. The fourth-order valence-corrected chi connectivity index (χ4v) is 3.05. The largest absolute Gasteiger partial charge is 0.326 e. The molecule has 0 saturated carbocycles. The third-order valence-corrected chi connectivity index (χ3v) is 3.97. The van der Waals surface area contributed by atoms with Crippen molar-refractivity contribution in [2.45, 2.75) is 6.54 Å². The van der Waals surface area contributed by atoms with Crippen molar-refractivity contribution in [3.63, 3.8) is 0 Å². The molecule has 14 heavy (non-hydrogen) atoms. The lowest BCUT2D eigenvalue weighted by molar-refractivity contribution is 1.07. The summed E-state index contributed by atoms with van der Waals surface area (Å²) < 4.78 is 1.14. The molecule has 0 fully saturated rings. The molecule has 0 aliphatic carbocycles. The third kappa shape index (κ3) is 1.75. The quantitative estimate of drug-likeness (QED) is 0.884. The smallest absolute Gasteiger partial charge is 0.0488 e. The van der Waals surface area contributed by atoms with Crippen LogP contribution in [0.25, 0.3) is 10.4 Å². The molecule has 0 aliphatic heterocycles. The molecule has 2 rings (SSSR count). The van der Waals surface area contributed by atoms with Gasteiger partial charge in [-0.3, -0.25) is 0 Å². The zero-order valence-electron chi connectivity index (χ0n) is 7.53. The van der Waals surface area contributed by atoms with Gasteiger partial charge < -0.3 is 5.73 Å². The highest BCUT2D eigenvalue weighted by atomic mass is 79.9. The first-order valence-electron chi connectivity index (χ1n) is 4.34. The number of benzene rings is 1. The first kappa shape index (κ1) is 9.90. The zero-order chi connectivity index (χ0) is 9.97. The Morgan fingerprint density at radius 1 is 1.21 bits per heavy atom. The van der Waals surface area contributed by atoms with Crippen LogP contribution in [0.4, 0.5) is 0 Å². The SMILES string of the molecule is NCc1ccccc1-c1sccc1Br. The van der Waals surface area contributed by atoms with Gasteiger partial charge in [-0.1, -0.05) is 24.3 Å². The van der Waals surface area contributed by atoms with Gasteiger partial charge in [-0.2, -0.15) is 0 Å². The molecule has 1 aromatic carbocycles. The standard InChI is InChI=1S/C11H10BrNS/c12-10-5-6-14-11(10)9-4-2-1-3-8(9)7-13/h1-6H,7,13H2. The van der Waals surface area contributed by atoms with E-state index in [2.05, 4.69) is 39.5 Å². The van der Waals surface area contributed by atoms with Gasteiger partial charge in [0.05, 0.1) is 0 Å². The van der Waals surface area contributed by atoms with E-state index in [-0.39, 0.29) is 0 Å². The highest BCUT2D eigenvalue weighted by Gasteiger charge is 2.07. The summed E-state index contributed by atoms with van der Waals surface area (Å²) >= 11 is 5.27. The zero-order valence-corrected chi connectivity index (χ0v) is 9.94. The van der Waals surface area contributed by atoms with Crippen LogP contribution in [0, 0.1) is 0 Å². The summed E-state index contributed by atoms with van der Waals surface area (Å²) in [6.45, 7) is 0.584. The van der Waals surface area contributed by atoms with E-state index in [1.54, 1.807) is 11.3 Å². The average molecular weight is 268 g/mol. The summed E-state index contributed by atoms with van der Waals surface area (Å²) in [6.07, 6.45) is 0. The van der Waals surface area contributed by atoms with Gasteiger partial charge in [0, 0.05) is 15.9 Å². The second-order valence-electron chi connectivity index (χ2n) is 2.96. The highest BCUT2D eigenvalue weighted by molar-refractivity contribution is 9.10. The van der Waals surface area contributed by atoms with Gasteiger partial charge in [0.1, 0.15) is 0 Å². The minimum absolute atomic E-state index is 0.584. The number of hydrogen-bond donors (Lipinski definition) is 1. The van der Waals surface area contributed by atoms with Crippen molar-refractivity contribution in [2.75, 3.05) is 0 Å². The molecule has 0 saturated heterocycles. The minimum Gasteiger partial charge on any atom is -0.326 e. The molecule has 1 heterocycles. The van der Waals surface area contributed by atoms with Crippen LogP contribution in [-0.2, 0) is 6.54 Å². The topological polar surface area (TPSA) is 26.0 Å². The highest BCUT2D eigenvalue weighted by Crippen LogP contribution is 2.35. The molecule has 2 N–H and O–H groups in total. The van der Waals surface area contributed by atoms with Crippen molar-refractivity contribution in [3.8, 4) is 10.4 Å². The molecule has 2 aromatic rings. The number of thiophene rings is 1. The van der Waals surface area contributed by atoms with Crippen molar-refractivity contribution in [2.24, 2.45) is 5.73 Å². The fourth-order valence-electron chi connectivity index (χ4n) is 1.41. The number of nitrogens with two attached hydrogens (primary N) is 1. The summed E-state index contributed by atoms with van der Waals surface area (Å²) in [7, 11) is 0. The summed E-state index contributed by atoms with van der Waals surface area (Å²) in [5.74, 6) is 0. The monoisotopic (exact) mass is 267 g/mol. The number of halogens is 1. The lowest BCUT2D eigenvalue weighted by Gasteiger charge is -2.05. The second kappa shape index (κ2) is 4.26. The summed E-state index contributed by atoms with van der Waals surface area (Å²) in [6, 6.07) is 10.3. The average Bonchev–Trinajstić information content (AvgIpc) is 2.64. The van der Waals surface area contributed by atoms with Gasteiger partial charge in [-0.25, -0.2) is 0 Å². The lowest BCUT2D eigenvalue weighted by atomic mass is 10.1. The second-order valence-corrected chi connectivity index (χ2v) is 4.73. The molecule has 0 amide bonds. The molecular weight excluding hydrogens is 258 g/mol. The first-order valence-corrected chi connectivity index (χ1v) is 6.01. The van der Waals surface area contributed by atoms with Gasteiger partial charge in [-0.05, 0) is 38.5 Å². The Balaban J connectivity index is 2.56. The van der Waals surface area contributed by atoms with Crippen LogP contribution in [0.1, 0.15) is 5.56 Å². The van der Waals surface area contributed by atoms with E-state index in [0.29, 0.717) is 6.54 Å². The molecule has 1 aromatic heterocycles. The van der Waals surface area contributed by atoms with E-state index in [4.69, 9.17) is 5.73 Å². The predicted octanol–water partition coefficient (Wildman–Crippen LogP) is 3.64. The van der Waals surface area contributed by atoms with Crippen molar-refractivity contribution in [1.29, 1.82) is 0 Å². The van der Waals surface area contributed by atoms with Gasteiger partial charge in [0.15, 0.2) is 0 Å². The minimum atomic E-state index is 0.584. The Labute approximate surface area is 95.7 Å². The molecule has 72 valence electrons. The van der Waals surface area contributed by atoms with Crippen LogP contribution in [0.3, 0.4) is 0 Å². The molecular formula is C11H10BrNS. The number of rotatable bonds is 2. The maximum Gasteiger partial charge on any atom is 0.0488 e. The van der Waals surface area contributed by atoms with E-state index in [1.165, 1.54) is 16.0 Å². The van der Waals surface area contributed by atoms with Crippen LogP contribution in [-0.4, -0.2) is 0 Å². The first-order chi connectivity index (χ1) is 6.83. The van der Waals surface area contributed by atoms with Crippen LogP contribution >= 0.6 is 27.3 Å². The fraction of sp³-hybridized carbons (Fsp3) is 0.0909. The molecule has 0 bridgehead atoms. The molecule has 0 unspecified atom stereocenters. The van der Waals surface area contributed by atoms with Crippen molar-refractivity contribution < 1.29 is 0 Å². The third-order valence-electron chi connectivity index (χ3n) is 2.10. The van der Waals surface area contributed by atoms with E-state index >= 15 is 0 Å². The van der Waals surface area contributed by atoms with Gasteiger partial charge >= 0.3 is 0 Å². The Morgan fingerprint density at radius 2 is 2.00 bits per heavy atom. The van der Waals surface area contributed by atoms with Gasteiger partial charge in [-0.15, -0.1) is 11.3 Å². The summed E-state index contributed by atoms with van der Waals surface area (Å²) in [4.78, 5) is 1.26. The Kier molecular flexibility index (Phi) is 3.01. The van der Waals surface area contributed by atoms with E-state index < -0.39 is 0 Å². The maximum absolute atomic E-state index is 5.70. The van der Waals surface area contributed by atoms with Crippen LogP contribution in [0.5, 0.6) is 0 Å². The van der Waals surface area contributed by atoms with Crippen molar-refractivity contribution in [3.05, 3.63) is 45.7 Å². The number of hydrogen-bond acceptors (Lipinski definition) is 2. The van der Waals surface area contributed by atoms with Crippen molar-refractivity contribution in [1.82, 2.24) is 0 Å². The maximum atomic E-state index is 5.70. The molecule has 0 aliphatic rings. The van der Waals surface area contributed by atoms with E-state index in [9.17, 15) is 0 Å². The van der Waals surface area contributed by atoms with E-state index in [1.807, 2.05) is 12.1 Å². The normalized spacial score (nSPS) is 10.4. The van der Waals surface area contributed by atoms with Crippen LogP contribution in [0.2, 0.25) is 0 Å². The predicted molar refractivity (Wildman–Crippen MR) is 65.3 cm³/mol. The summed E-state index contributed by atoms with van der Waals surface area (Å²) in [5, 5.41) is 2.08. The Morgan fingerprint density at radius 3 is 2.64 bits per heavy atom. The molecule has 1 nitrogen and oxygen atoms in total. The van der Waals surface area contributed by atoms with Gasteiger partial charge in [0.25, 0.3) is 0 Å². The molecule has 0 atom stereocenters. The Hall–Kier alpha value is -0.640.